The van der Waals surface area contributed by atoms with Crippen LogP contribution in [-0.2, 0) is 13.1 Å². The fourth-order valence-corrected chi connectivity index (χ4v) is 3.49. The van der Waals surface area contributed by atoms with E-state index in [-0.39, 0.29) is 6.04 Å². The molecule has 1 unspecified atom stereocenters. The first-order chi connectivity index (χ1) is 12.6. The van der Waals surface area contributed by atoms with Gasteiger partial charge in [0.25, 0.3) is 0 Å². The fourth-order valence-electron chi connectivity index (χ4n) is 3.49. The minimum atomic E-state index is 0.259. The maximum Gasteiger partial charge on any atom is 0.145 e. The Kier molecular flexibility index (Phi) is 6.06. The molecule has 0 N–H and O–H groups in total. The summed E-state index contributed by atoms with van der Waals surface area (Å²) in [6.45, 7) is 2.71. The Balaban J connectivity index is 1.78. The number of ether oxygens (including phenoxy) is 2. The molecule has 1 fully saturated rings. The van der Waals surface area contributed by atoms with Gasteiger partial charge in [-0.15, -0.1) is 0 Å². The van der Waals surface area contributed by atoms with Crippen LogP contribution in [0, 0.1) is 0 Å². The predicted molar refractivity (Wildman–Crippen MR) is 101 cm³/mol. The molecule has 1 aromatic heterocycles. The minimum Gasteiger partial charge on any atom is -0.497 e. The number of likely N-dealkylation sites (tertiary alicyclic amines) is 1. The van der Waals surface area contributed by atoms with Crippen molar-refractivity contribution in [1.29, 1.82) is 0 Å². The maximum atomic E-state index is 5.40. The molecule has 1 aliphatic heterocycles. The molecule has 6 heteroatoms. The second-order valence-corrected chi connectivity index (χ2v) is 6.99. The van der Waals surface area contributed by atoms with Crippen LogP contribution >= 0.6 is 0 Å². The molecule has 0 amide bonds. The highest BCUT2D eigenvalue weighted by Crippen LogP contribution is 2.32. The zero-order chi connectivity index (χ0) is 18.5. The van der Waals surface area contributed by atoms with Gasteiger partial charge >= 0.3 is 0 Å². The van der Waals surface area contributed by atoms with Crippen molar-refractivity contribution < 1.29 is 9.47 Å². The number of rotatable bonds is 7. The average Bonchev–Trinajstić information content (AvgIpc) is 3.09. The van der Waals surface area contributed by atoms with Crippen LogP contribution in [0.3, 0.4) is 0 Å². The second-order valence-electron chi connectivity index (χ2n) is 6.99. The van der Waals surface area contributed by atoms with E-state index in [0.29, 0.717) is 0 Å². The topological polar surface area (TPSA) is 50.7 Å². The van der Waals surface area contributed by atoms with Crippen LogP contribution in [0.2, 0.25) is 0 Å². The smallest absolute Gasteiger partial charge is 0.145 e. The van der Waals surface area contributed by atoms with Crippen molar-refractivity contribution >= 4 is 0 Å². The van der Waals surface area contributed by atoms with E-state index in [1.54, 1.807) is 14.2 Å². The lowest BCUT2D eigenvalue weighted by Gasteiger charge is -2.24. The van der Waals surface area contributed by atoms with Crippen LogP contribution in [-0.4, -0.2) is 54.6 Å². The van der Waals surface area contributed by atoms with E-state index in [1.807, 2.05) is 18.3 Å². The van der Waals surface area contributed by atoms with E-state index in [9.17, 15) is 0 Å². The van der Waals surface area contributed by atoms with Gasteiger partial charge in [0.1, 0.15) is 17.3 Å². The third-order valence-electron chi connectivity index (χ3n) is 4.67. The summed E-state index contributed by atoms with van der Waals surface area (Å²) < 4.78 is 10.8. The fraction of sp³-hybridized carbons (Fsp3) is 0.500. The number of benzene rings is 1. The second kappa shape index (κ2) is 8.47. The predicted octanol–water partition coefficient (Wildman–Crippen LogP) is 2.89. The molecule has 1 aliphatic rings. The SMILES string of the molecule is COc1cc(CN2CCCC2c2nccc(CN(C)C)n2)cc(OC)c1. The first-order valence-corrected chi connectivity index (χ1v) is 9.01. The zero-order valence-corrected chi connectivity index (χ0v) is 16.1. The maximum absolute atomic E-state index is 5.40. The third-order valence-corrected chi connectivity index (χ3v) is 4.67. The molecule has 140 valence electrons. The molecule has 1 aromatic carbocycles. The summed E-state index contributed by atoms with van der Waals surface area (Å²) in [6.07, 6.45) is 4.13. The molecular weight excluding hydrogens is 328 g/mol. The summed E-state index contributed by atoms with van der Waals surface area (Å²) in [5, 5.41) is 0. The van der Waals surface area contributed by atoms with Gasteiger partial charge in [0.05, 0.1) is 26.0 Å². The molecule has 1 atom stereocenters. The molecule has 2 heterocycles. The number of methoxy groups -OCH3 is 2. The van der Waals surface area contributed by atoms with E-state index in [1.165, 1.54) is 5.56 Å². The summed E-state index contributed by atoms with van der Waals surface area (Å²) in [7, 11) is 7.47. The van der Waals surface area contributed by atoms with Crippen molar-refractivity contribution in [3.8, 4) is 11.5 Å². The minimum absolute atomic E-state index is 0.259. The van der Waals surface area contributed by atoms with Gasteiger partial charge in [0.15, 0.2) is 0 Å². The van der Waals surface area contributed by atoms with Gasteiger partial charge in [0.2, 0.25) is 0 Å². The molecule has 1 saturated heterocycles. The molecule has 2 aromatic rings. The van der Waals surface area contributed by atoms with Crippen molar-refractivity contribution in [1.82, 2.24) is 19.8 Å². The molecule has 6 nitrogen and oxygen atoms in total. The number of aromatic nitrogens is 2. The number of hydrogen-bond acceptors (Lipinski definition) is 6. The van der Waals surface area contributed by atoms with Gasteiger partial charge in [0, 0.05) is 25.4 Å². The molecule has 0 spiro atoms. The van der Waals surface area contributed by atoms with Gasteiger partial charge in [-0.25, -0.2) is 9.97 Å². The van der Waals surface area contributed by atoms with Crippen molar-refractivity contribution in [3.05, 3.63) is 47.5 Å². The third kappa shape index (κ3) is 4.51. The normalized spacial score (nSPS) is 17.7. The van der Waals surface area contributed by atoms with Crippen LogP contribution < -0.4 is 9.47 Å². The number of hydrogen-bond donors (Lipinski definition) is 0. The average molecular weight is 356 g/mol. The molecule has 0 aliphatic carbocycles. The van der Waals surface area contributed by atoms with Crippen LogP contribution in [0.5, 0.6) is 11.5 Å². The van der Waals surface area contributed by atoms with Crippen LogP contribution in [0.4, 0.5) is 0 Å². The molecule has 0 saturated carbocycles. The highest BCUT2D eigenvalue weighted by Gasteiger charge is 2.28. The summed E-state index contributed by atoms with van der Waals surface area (Å²) >= 11 is 0. The Bertz CT molecular complexity index is 713. The lowest BCUT2D eigenvalue weighted by atomic mass is 10.1. The Morgan fingerprint density at radius 3 is 2.54 bits per heavy atom. The molecule has 26 heavy (non-hydrogen) atoms. The van der Waals surface area contributed by atoms with Gasteiger partial charge in [-0.05, 0) is 57.2 Å². The molecule has 3 rings (SSSR count). The van der Waals surface area contributed by atoms with E-state index in [0.717, 1.165) is 55.5 Å². The number of nitrogens with zero attached hydrogens (tertiary/aromatic N) is 4. The largest absolute Gasteiger partial charge is 0.497 e. The van der Waals surface area contributed by atoms with Gasteiger partial charge in [-0.2, -0.15) is 0 Å². The summed E-state index contributed by atoms with van der Waals surface area (Å²) in [6, 6.07) is 8.30. The van der Waals surface area contributed by atoms with E-state index < -0.39 is 0 Å². The Morgan fingerprint density at radius 2 is 1.88 bits per heavy atom. The highest BCUT2D eigenvalue weighted by molar-refractivity contribution is 5.38. The first kappa shape index (κ1) is 18.6. The highest BCUT2D eigenvalue weighted by atomic mass is 16.5. The van der Waals surface area contributed by atoms with E-state index in [4.69, 9.17) is 14.5 Å². The van der Waals surface area contributed by atoms with Gasteiger partial charge < -0.3 is 14.4 Å². The van der Waals surface area contributed by atoms with Crippen LogP contribution in [0.25, 0.3) is 0 Å². The monoisotopic (exact) mass is 356 g/mol. The molecule has 0 bridgehead atoms. The zero-order valence-electron chi connectivity index (χ0n) is 16.1. The Hall–Kier alpha value is -2.18. The summed E-state index contributed by atoms with van der Waals surface area (Å²) in [4.78, 5) is 14.0. The van der Waals surface area contributed by atoms with Gasteiger partial charge in [-0.3, -0.25) is 4.90 Å². The Labute approximate surface area is 155 Å². The molecule has 0 radical (unpaired) electrons. The van der Waals surface area contributed by atoms with Crippen molar-refractivity contribution in [2.45, 2.75) is 32.0 Å². The lowest BCUT2D eigenvalue weighted by molar-refractivity contribution is 0.238. The Morgan fingerprint density at radius 1 is 1.15 bits per heavy atom. The summed E-state index contributed by atoms with van der Waals surface area (Å²) in [5.74, 6) is 2.57. The standard InChI is InChI=1S/C20H28N4O2/c1-23(2)14-16-7-8-21-20(22-16)19-6-5-9-24(19)13-15-10-17(25-3)12-18(11-15)26-4/h7-8,10-12,19H,5-6,9,13-14H2,1-4H3. The van der Waals surface area contributed by atoms with E-state index >= 15 is 0 Å². The van der Waals surface area contributed by atoms with Gasteiger partial charge in [-0.1, -0.05) is 0 Å². The molecular formula is C20H28N4O2. The van der Waals surface area contributed by atoms with Crippen LogP contribution in [0.1, 0.15) is 36.0 Å². The van der Waals surface area contributed by atoms with Crippen molar-refractivity contribution in [3.63, 3.8) is 0 Å². The quantitative estimate of drug-likeness (QED) is 0.760. The lowest BCUT2D eigenvalue weighted by Crippen LogP contribution is -2.25. The van der Waals surface area contributed by atoms with E-state index in [2.05, 4.69) is 41.0 Å². The first-order valence-electron chi connectivity index (χ1n) is 9.01. The van der Waals surface area contributed by atoms with Crippen LogP contribution in [0.15, 0.2) is 30.5 Å². The summed E-state index contributed by atoms with van der Waals surface area (Å²) in [5.41, 5.74) is 2.24. The van der Waals surface area contributed by atoms with Crippen molar-refractivity contribution in [2.24, 2.45) is 0 Å². The van der Waals surface area contributed by atoms with Crippen molar-refractivity contribution in [2.75, 3.05) is 34.9 Å².